The number of carbonyl (C=O) groups excluding carboxylic acids is 3. The van der Waals surface area contributed by atoms with Gasteiger partial charge >= 0.3 is 0 Å². The summed E-state index contributed by atoms with van der Waals surface area (Å²) < 4.78 is 0. The summed E-state index contributed by atoms with van der Waals surface area (Å²) in [5, 5.41) is 3.07. The molecule has 0 spiro atoms. The van der Waals surface area contributed by atoms with Crippen LogP contribution in [0.5, 0.6) is 0 Å². The summed E-state index contributed by atoms with van der Waals surface area (Å²) in [5.74, 6) is -0.965. The summed E-state index contributed by atoms with van der Waals surface area (Å²) in [6, 6.07) is 9.65. The minimum absolute atomic E-state index is 0.187. The smallest absolute Gasteiger partial charge is 0.266 e. The average Bonchev–Trinajstić information content (AvgIpc) is 2.71. The number of rotatable bonds is 2. The molecule has 6 heteroatoms. The van der Waals surface area contributed by atoms with Crippen LogP contribution in [0.15, 0.2) is 36.4 Å². The Balaban J connectivity index is 2.02. The number of carbonyl (C=O) groups is 3. The molecule has 3 amide bonds. The Bertz CT molecular complexity index is 861. The summed E-state index contributed by atoms with van der Waals surface area (Å²) in [5.41, 5.74) is 2.44. The van der Waals surface area contributed by atoms with Crippen molar-refractivity contribution in [2.45, 2.75) is 13.8 Å². The average molecular weight is 329 g/mol. The number of imide groups is 1. The summed E-state index contributed by atoms with van der Waals surface area (Å²) >= 11 is 5.91. The maximum atomic E-state index is 12.6. The largest absolute Gasteiger partial charge is 0.326 e. The second-order valence-corrected chi connectivity index (χ2v) is 5.75. The van der Waals surface area contributed by atoms with Gasteiger partial charge in [-0.2, -0.15) is 0 Å². The first-order chi connectivity index (χ1) is 10.9. The number of aryl methyl sites for hydroxylation is 1. The lowest BCUT2D eigenvalue weighted by Crippen LogP contribution is -2.30. The molecule has 2 aromatic rings. The maximum Gasteiger partial charge on any atom is 0.266 e. The second kappa shape index (κ2) is 5.52. The molecule has 23 heavy (non-hydrogen) atoms. The van der Waals surface area contributed by atoms with E-state index in [4.69, 9.17) is 11.6 Å². The molecule has 1 N–H and O–H groups in total. The van der Waals surface area contributed by atoms with E-state index in [0.717, 1.165) is 4.90 Å². The molecule has 5 nitrogen and oxygen atoms in total. The van der Waals surface area contributed by atoms with Crippen molar-refractivity contribution < 1.29 is 14.4 Å². The van der Waals surface area contributed by atoms with Gasteiger partial charge in [0, 0.05) is 17.6 Å². The number of hydrogen-bond donors (Lipinski definition) is 1. The van der Waals surface area contributed by atoms with Crippen LogP contribution in [-0.4, -0.2) is 17.7 Å². The molecule has 0 aromatic heterocycles. The van der Waals surface area contributed by atoms with Gasteiger partial charge in [0.1, 0.15) is 0 Å². The summed E-state index contributed by atoms with van der Waals surface area (Å²) in [6.07, 6.45) is 0. The van der Waals surface area contributed by atoms with E-state index in [1.54, 1.807) is 37.3 Å². The van der Waals surface area contributed by atoms with Crippen molar-refractivity contribution in [1.29, 1.82) is 0 Å². The fourth-order valence-electron chi connectivity index (χ4n) is 2.62. The molecule has 1 aliphatic rings. The van der Waals surface area contributed by atoms with Gasteiger partial charge in [0.05, 0.1) is 16.8 Å². The topological polar surface area (TPSA) is 66.5 Å². The Morgan fingerprint density at radius 1 is 1.04 bits per heavy atom. The molecule has 0 atom stereocenters. The number of hydrogen-bond acceptors (Lipinski definition) is 3. The van der Waals surface area contributed by atoms with Crippen molar-refractivity contribution in [1.82, 2.24) is 0 Å². The van der Waals surface area contributed by atoms with E-state index in [0.29, 0.717) is 33.1 Å². The van der Waals surface area contributed by atoms with Gasteiger partial charge in [-0.15, -0.1) is 0 Å². The van der Waals surface area contributed by atoms with Crippen LogP contribution in [0.4, 0.5) is 11.4 Å². The Kier molecular flexibility index (Phi) is 3.66. The zero-order chi connectivity index (χ0) is 16.7. The third kappa shape index (κ3) is 2.59. The van der Waals surface area contributed by atoms with Crippen molar-refractivity contribution in [3.05, 3.63) is 58.1 Å². The van der Waals surface area contributed by atoms with Crippen molar-refractivity contribution >= 4 is 40.7 Å². The Labute approximate surface area is 137 Å². The summed E-state index contributed by atoms with van der Waals surface area (Å²) in [4.78, 5) is 37.3. The lowest BCUT2D eigenvalue weighted by Gasteiger charge is -2.17. The van der Waals surface area contributed by atoms with E-state index < -0.39 is 5.91 Å². The highest BCUT2D eigenvalue weighted by molar-refractivity contribution is 6.36. The van der Waals surface area contributed by atoms with E-state index >= 15 is 0 Å². The van der Waals surface area contributed by atoms with Crippen LogP contribution >= 0.6 is 11.6 Å². The van der Waals surface area contributed by atoms with E-state index in [9.17, 15) is 14.4 Å². The van der Waals surface area contributed by atoms with Crippen LogP contribution in [0.1, 0.15) is 33.2 Å². The third-order valence-corrected chi connectivity index (χ3v) is 3.84. The SMILES string of the molecule is CC(=O)Nc1ccc(N2C(=O)c3ccc(Cl)cc3C2=O)c(C)c1. The Morgan fingerprint density at radius 2 is 1.74 bits per heavy atom. The van der Waals surface area contributed by atoms with E-state index in [-0.39, 0.29) is 11.8 Å². The van der Waals surface area contributed by atoms with Gasteiger partial charge in [-0.05, 0) is 48.9 Å². The van der Waals surface area contributed by atoms with E-state index in [1.807, 2.05) is 0 Å². The van der Waals surface area contributed by atoms with Crippen LogP contribution in [0, 0.1) is 6.92 Å². The van der Waals surface area contributed by atoms with Gasteiger partial charge in [-0.1, -0.05) is 11.6 Å². The summed E-state index contributed by atoms with van der Waals surface area (Å²) in [6.45, 7) is 3.19. The highest BCUT2D eigenvalue weighted by Gasteiger charge is 2.37. The highest BCUT2D eigenvalue weighted by atomic mass is 35.5. The number of fused-ring (bicyclic) bond motifs is 1. The Morgan fingerprint density at radius 3 is 2.39 bits per heavy atom. The van der Waals surface area contributed by atoms with Gasteiger partial charge in [0.15, 0.2) is 0 Å². The zero-order valence-electron chi connectivity index (χ0n) is 12.5. The molecule has 1 heterocycles. The number of amides is 3. The minimum atomic E-state index is -0.400. The molecule has 0 aliphatic carbocycles. The quantitative estimate of drug-likeness (QED) is 0.859. The first kappa shape index (κ1) is 15.2. The van der Waals surface area contributed by atoms with Crippen LogP contribution in [0.3, 0.4) is 0 Å². The molecule has 3 rings (SSSR count). The van der Waals surface area contributed by atoms with E-state index in [2.05, 4.69) is 5.32 Å². The molecule has 2 aromatic carbocycles. The van der Waals surface area contributed by atoms with Gasteiger partial charge in [-0.25, -0.2) is 4.90 Å². The van der Waals surface area contributed by atoms with E-state index in [1.165, 1.54) is 13.0 Å². The van der Waals surface area contributed by atoms with Crippen LogP contribution in [0.25, 0.3) is 0 Å². The summed E-state index contributed by atoms with van der Waals surface area (Å²) in [7, 11) is 0. The first-order valence-corrected chi connectivity index (χ1v) is 7.33. The van der Waals surface area contributed by atoms with Gasteiger partial charge < -0.3 is 5.32 Å². The second-order valence-electron chi connectivity index (χ2n) is 5.32. The molecular formula is C17H13ClN2O3. The normalized spacial score (nSPS) is 13.3. The van der Waals surface area contributed by atoms with Gasteiger partial charge in [0.25, 0.3) is 11.8 Å². The van der Waals surface area contributed by atoms with Gasteiger partial charge in [0.2, 0.25) is 5.91 Å². The van der Waals surface area contributed by atoms with Crippen molar-refractivity contribution in [3.63, 3.8) is 0 Å². The molecule has 0 fully saturated rings. The number of benzene rings is 2. The van der Waals surface area contributed by atoms with Crippen LogP contribution < -0.4 is 10.2 Å². The highest BCUT2D eigenvalue weighted by Crippen LogP contribution is 2.33. The lowest BCUT2D eigenvalue weighted by atomic mass is 10.1. The molecule has 0 saturated heterocycles. The number of anilines is 2. The molecule has 0 saturated carbocycles. The standard InChI is InChI=1S/C17H13ClN2O3/c1-9-7-12(19-10(2)21)4-6-15(9)20-16(22)13-5-3-11(18)8-14(13)17(20)23/h3-8H,1-2H3,(H,19,21). The fraction of sp³-hybridized carbons (Fsp3) is 0.118. The Hall–Kier alpha value is -2.66. The maximum absolute atomic E-state index is 12.6. The molecular weight excluding hydrogens is 316 g/mol. The molecule has 0 unspecified atom stereocenters. The predicted molar refractivity (Wildman–Crippen MR) is 88.1 cm³/mol. The van der Waals surface area contributed by atoms with Crippen LogP contribution in [0.2, 0.25) is 5.02 Å². The fourth-order valence-corrected chi connectivity index (χ4v) is 2.79. The zero-order valence-corrected chi connectivity index (χ0v) is 13.3. The molecule has 0 radical (unpaired) electrons. The molecule has 0 bridgehead atoms. The minimum Gasteiger partial charge on any atom is -0.326 e. The number of nitrogens with zero attached hydrogens (tertiary/aromatic N) is 1. The predicted octanol–water partition coefficient (Wildman–Crippen LogP) is 3.41. The first-order valence-electron chi connectivity index (χ1n) is 6.95. The van der Waals surface area contributed by atoms with Gasteiger partial charge in [-0.3, -0.25) is 14.4 Å². The monoisotopic (exact) mass is 328 g/mol. The molecule has 1 aliphatic heterocycles. The van der Waals surface area contributed by atoms with Crippen molar-refractivity contribution in [2.24, 2.45) is 0 Å². The molecule has 116 valence electrons. The third-order valence-electron chi connectivity index (χ3n) is 3.61. The number of halogens is 1. The lowest BCUT2D eigenvalue weighted by molar-refractivity contribution is -0.114. The number of nitrogens with one attached hydrogen (secondary N) is 1. The van der Waals surface area contributed by atoms with Crippen molar-refractivity contribution in [2.75, 3.05) is 10.2 Å². The van der Waals surface area contributed by atoms with Crippen LogP contribution in [-0.2, 0) is 4.79 Å². The van der Waals surface area contributed by atoms with Crippen molar-refractivity contribution in [3.8, 4) is 0 Å².